The molecule has 0 aliphatic carbocycles. The number of benzene rings is 1. The fourth-order valence-corrected chi connectivity index (χ4v) is 5.06. The summed E-state index contributed by atoms with van der Waals surface area (Å²) in [5.74, 6) is -0.00731. The van der Waals surface area contributed by atoms with Crippen molar-refractivity contribution in [1.82, 2.24) is 29.1 Å². The van der Waals surface area contributed by atoms with Crippen molar-refractivity contribution in [3.05, 3.63) is 47.4 Å². The summed E-state index contributed by atoms with van der Waals surface area (Å²) in [6, 6.07) is 3.50. The van der Waals surface area contributed by atoms with Crippen molar-refractivity contribution >= 4 is 22.1 Å². The van der Waals surface area contributed by atoms with Crippen LogP contribution in [0, 0.1) is 0 Å². The van der Waals surface area contributed by atoms with E-state index in [1.807, 2.05) is 19.3 Å². The highest BCUT2D eigenvalue weighted by atomic mass is 16.5. The summed E-state index contributed by atoms with van der Waals surface area (Å²) in [6.07, 6.45) is 9.41. The first-order valence-electron chi connectivity index (χ1n) is 11.7. The van der Waals surface area contributed by atoms with Crippen LogP contribution < -0.4 is 5.69 Å². The summed E-state index contributed by atoms with van der Waals surface area (Å²) in [4.78, 5) is 18.0. The Bertz CT molecular complexity index is 1620. The van der Waals surface area contributed by atoms with E-state index in [-0.39, 0.29) is 23.6 Å². The van der Waals surface area contributed by atoms with Gasteiger partial charge < -0.3 is 14.3 Å². The molecule has 6 rings (SSSR count). The number of aromatic nitrogens is 6. The second-order valence-corrected chi connectivity index (χ2v) is 9.15. The fourth-order valence-electron chi connectivity index (χ4n) is 5.06. The van der Waals surface area contributed by atoms with Crippen molar-refractivity contribution in [2.75, 3.05) is 6.61 Å². The van der Waals surface area contributed by atoms with Crippen LogP contribution in [0.15, 0.2) is 46.1 Å². The lowest BCUT2D eigenvalue weighted by molar-refractivity contribution is -0.00709. The Labute approximate surface area is 200 Å². The number of phenolic OH excluding ortho intramolecular Hbond substituents is 1. The summed E-state index contributed by atoms with van der Waals surface area (Å²) in [5.41, 5.74) is 3.75. The molecule has 2 atom stereocenters. The number of rotatable bonds is 4. The number of aryl methyl sites for hydroxylation is 2. The fraction of sp³-hybridized carbons (Fsp3) is 0.360. The third-order valence-corrected chi connectivity index (χ3v) is 6.79. The molecule has 180 valence electrons. The van der Waals surface area contributed by atoms with Crippen molar-refractivity contribution in [2.24, 2.45) is 14.1 Å². The maximum absolute atomic E-state index is 13.6. The molecule has 1 aliphatic heterocycles. The molecule has 0 saturated carbocycles. The molecular weight excluding hydrogens is 448 g/mol. The van der Waals surface area contributed by atoms with Gasteiger partial charge in [-0.1, -0.05) is 6.92 Å². The van der Waals surface area contributed by atoms with E-state index >= 15 is 0 Å². The van der Waals surface area contributed by atoms with Crippen LogP contribution in [0.3, 0.4) is 0 Å². The van der Waals surface area contributed by atoms with Gasteiger partial charge >= 0.3 is 5.69 Å². The molecule has 0 unspecified atom stereocenters. The van der Waals surface area contributed by atoms with Gasteiger partial charge in [-0.15, -0.1) is 0 Å². The van der Waals surface area contributed by atoms with Crippen molar-refractivity contribution < 1.29 is 14.3 Å². The minimum absolute atomic E-state index is 0.00731. The van der Waals surface area contributed by atoms with Crippen LogP contribution in [0.5, 0.6) is 5.75 Å². The molecule has 1 N–H and O–H groups in total. The minimum atomic E-state index is -0.355. The first-order chi connectivity index (χ1) is 16.9. The van der Waals surface area contributed by atoms with Gasteiger partial charge in [-0.2, -0.15) is 15.2 Å². The third kappa shape index (κ3) is 3.52. The molecule has 10 nitrogen and oxygen atoms in total. The smallest absolute Gasteiger partial charge is 0.349 e. The van der Waals surface area contributed by atoms with Gasteiger partial charge in [-0.05, 0) is 37.0 Å². The number of fused-ring (bicyclic) bond motifs is 3. The number of hydrogen-bond acceptors (Lipinski definition) is 7. The van der Waals surface area contributed by atoms with E-state index < -0.39 is 0 Å². The molecule has 0 radical (unpaired) electrons. The molecule has 5 heterocycles. The largest absolute Gasteiger partial charge is 0.504 e. The monoisotopic (exact) mass is 474 g/mol. The topological polar surface area (TPSA) is 113 Å². The summed E-state index contributed by atoms with van der Waals surface area (Å²) in [7, 11) is 3.65. The van der Waals surface area contributed by atoms with E-state index in [0.29, 0.717) is 52.8 Å². The van der Waals surface area contributed by atoms with Gasteiger partial charge in [0.2, 0.25) is 0 Å². The standard InChI is InChI=1S/C25H26N6O4/c1-4-18-9-17(5-6-34-18)31-22-19-7-14(15-10-26-29(2)12-15)8-20(32)23(19)35-24(22)21(28-25(31)33)16-11-27-30(3)13-16/h7-8,10-13,17-18,32H,4-6,9H2,1-3H3/t17-,18-/m0/s1. The SMILES string of the molecule is CC[C@H]1C[C@@H](n2c(=O)nc(-c3cnn(C)c3)c3oc4c(O)cc(-c5cnn(C)c5)cc4c32)CCO1. The second-order valence-electron chi connectivity index (χ2n) is 9.15. The highest BCUT2D eigenvalue weighted by molar-refractivity contribution is 6.09. The van der Waals surface area contributed by atoms with E-state index in [9.17, 15) is 9.90 Å². The lowest BCUT2D eigenvalue weighted by atomic mass is 10.00. The number of aromatic hydroxyl groups is 1. The second kappa shape index (κ2) is 8.09. The summed E-state index contributed by atoms with van der Waals surface area (Å²) >= 11 is 0. The van der Waals surface area contributed by atoms with E-state index in [4.69, 9.17) is 9.15 Å². The average molecular weight is 475 g/mol. The molecule has 1 aromatic carbocycles. The minimum Gasteiger partial charge on any atom is -0.504 e. The van der Waals surface area contributed by atoms with Gasteiger partial charge in [0.05, 0.1) is 18.5 Å². The van der Waals surface area contributed by atoms with Gasteiger partial charge in [-0.3, -0.25) is 13.9 Å². The molecular formula is C25H26N6O4. The van der Waals surface area contributed by atoms with Gasteiger partial charge in [-0.25, -0.2) is 4.79 Å². The molecule has 5 aromatic rings. The quantitative estimate of drug-likeness (QED) is 0.422. The third-order valence-electron chi connectivity index (χ3n) is 6.79. The molecule has 0 spiro atoms. The van der Waals surface area contributed by atoms with Crippen LogP contribution in [-0.4, -0.2) is 46.9 Å². The highest BCUT2D eigenvalue weighted by Gasteiger charge is 2.29. The first-order valence-corrected chi connectivity index (χ1v) is 11.7. The Balaban J connectivity index is 1.68. The van der Waals surface area contributed by atoms with Crippen LogP contribution in [0.4, 0.5) is 0 Å². The molecule has 35 heavy (non-hydrogen) atoms. The maximum atomic E-state index is 13.6. The first kappa shape index (κ1) is 21.6. The summed E-state index contributed by atoms with van der Waals surface area (Å²) < 4.78 is 17.2. The predicted molar refractivity (Wildman–Crippen MR) is 130 cm³/mol. The van der Waals surface area contributed by atoms with Gasteiger partial charge in [0.15, 0.2) is 16.9 Å². The van der Waals surface area contributed by atoms with Crippen LogP contribution in [0.25, 0.3) is 44.5 Å². The van der Waals surface area contributed by atoms with Gasteiger partial charge in [0, 0.05) is 55.7 Å². The van der Waals surface area contributed by atoms with Crippen molar-refractivity contribution in [3.63, 3.8) is 0 Å². The Morgan fingerprint density at radius 3 is 2.49 bits per heavy atom. The Kier molecular flexibility index (Phi) is 4.99. The molecule has 1 fully saturated rings. The number of furan rings is 1. The van der Waals surface area contributed by atoms with E-state index in [2.05, 4.69) is 22.1 Å². The molecule has 0 bridgehead atoms. The zero-order chi connectivity index (χ0) is 24.3. The predicted octanol–water partition coefficient (Wildman–Crippen LogP) is 3.78. The van der Waals surface area contributed by atoms with E-state index in [1.165, 1.54) is 0 Å². The normalized spacial score (nSPS) is 18.6. The van der Waals surface area contributed by atoms with Crippen LogP contribution in [-0.2, 0) is 18.8 Å². The Morgan fingerprint density at radius 1 is 1.06 bits per heavy atom. The Hall–Kier alpha value is -3.92. The molecule has 0 amide bonds. The number of nitrogens with zero attached hydrogens (tertiary/aromatic N) is 6. The molecule has 1 saturated heterocycles. The van der Waals surface area contributed by atoms with Crippen LogP contribution >= 0.6 is 0 Å². The van der Waals surface area contributed by atoms with Crippen molar-refractivity contribution in [1.29, 1.82) is 0 Å². The van der Waals surface area contributed by atoms with Gasteiger partial charge in [0.25, 0.3) is 0 Å². The van der Waals surface area contributed by atoms with Crippen molar-refractivity contribution in [2.45, 2.75) is 38.3 Å². The molecule has 4 aromatic heterocycles. The van der Waals surface area contributed by atoms with Crippen LogP contribution in [0.1, 0.15) is 32.2 Å². The lowest BCUT2D eigenvalue weighted by Crippen LogP contribution is -2.34. The summed E-state index contributed by atoms with van der Waals surface area (Å²) in [5, 5.41) is 20.1. The van der Waals surface area contributed by atoms with E-state index in [1.54, 1.807) is 45.6 Å². The maximum Gasteiger partial charge on any atom is 0.349 e. The average Bonchev–Trinajstić information content (AvgIpc) is 3.57. The zero-order valence-corrected chi connectivity index (χ0v) is 19.8. The van der Waals surface area contributed by atoms with Crippen LogP contribution in [0.2, 0.25) is 0 Å². The lowest BCUT2D eigenvalue weighted by Gasteiger charge is -2.30. The number of hydrogen-bond donors (Lipinski definition) is 1. The van der Waals surface area contributed by atoms with Crippen molar-refractivity contribution in [3.8, 4) is 28.1 Å². The highest BCUT2D eigenvalue weighted by Crippen LogP contribution is 2.41. The molecule has 10 heteroatoms. The number of ether oxygens (including phenoxy) is 1. The molecule has 1 aliphatic rings. The van der Waals surface area contributed by atoms with Gasteiger partial charge in [0.1, 0.15) is 11.2 Å². The summed E-state index contributed by atoms with van der Waals surface area (Å²) in [6.45, 7) is 2.66. The van der Waals surface area contributed by atoms with E-state index in [0.717, 1.165) is 17.5 Å². The number of phenols is 1. The Morgan fingerprint density at radius 2 is 1.80 bits per heavy atom. The zero-order valence-electron chi connectivity index (χ0n) is 19.8.